The third kappa shape index (κ3) is 3.15. The number of carbonyl (C=O) groups excluding carboxylic acids is 1. The second-order valence-corrected chi connectivity index (χ2v) is 7.91. The van der Waals surface area contributed by atoms with Crippen LogP contribution in [0.25, 0.3) is 21.5 Å². The summed E-state index contributed by atoms with van der Waals surface area (Å²) in [5.74, 6) is 0.274. The molecule has 0 radical (unpaired) electrons. The predicted molar refractivity (Wildman–Crippen MR) is 129 cm³/mol. The zero-order valence-electron chi connectivity index (χ0n) is 17.2. The number of thiol groups is 1. The Hall–Kier alpha value is -3.95. The van der Waals surface area contributed by atoms with E-state index in [1.165, 1.54) is 0 Å². The van der Waals surface area contributed by atoms with Crippen molar-refractivity contribution in [2.45, 2.75) is 6.17 Å². The van der Waals surface area contributed by atoms with Crippen LogP contribution >= 0.6 is 12.6 Å². The Morgan fingerprint density at radius 3 is 2.12 bits per heavy atom. The van der Waals surface area contributed by atoms with Crippen molar-refractivity contribution in [3.8, 4) is 11.8 Å². The Morgan fingerprint density at radius 2 is 1.56 bits per heavy atom. The van der Waals surface area contributed by atoms with E-state index in [0.29, 0.717) is 10.8 Å². The van der Waals surface area contributed by atoms with Crippen LogP contribution in [0, 0.1) is 11.3 Å². The minimum atomic E-state index is -0.559. The van der Waals surface area contributed by atoms with Crippen LogP contribution in [-0.4, -0.2) is 13.0 Å². The normalized spacial score (nSPS) is 16.2. The number of ether oxygens (including phenoxy) is 1. The fourth-order valence-electron chi connectivity index (χ4n) is 4.26. The molecule has 6 heteroatoms. The quantitative estimate of drug-likeness (QED) is 0.337. The second-order valence-electron chi connectivity index (χ2n) is 7.49. The number of carbonyl (C=O) groups is 1. The van der Waals surface area contributed by atoms with E-state index in [1.807, 2.05) is 59.5 Å². The zero-order valence-corrected chi connectivity index (χ0v) is 18.1. The molecule has 1 aliphatic heterocycles. The first-order valence-electron chi connectivity index (χ1n) is 10.1. The van der Waals surface area contributed by atoms with E-state index in [-0.39, 0.29) is 5.57 Å². The van der Waals surface area contributed by atoms with Crippen LogP contribution in [0.2, 0.25) is 0 Å². The molecule has 1 aliphatic rings. The van der Waals surface area contributed by atoms with E-state index in [1.54, 1.807) is 7.11 Å². The van der Waals surface area contributed by atoms with Crippen molar-refractivity contribution in [3.63, 3.8) is 0 Å². The molecule has 1 N–H and O–H groups in total. The molecule has 156 valence electrons. The molecule has 32 heavy (non-hydrogen) atoms. The zero-order chi connectivity index (χ0) is 22.2. The molecule has 0 fully saturated rings. The summed E-state index contributed by atoms with van der Waals surface area (Å²) in [7, 11) is 1.61. The molecule has 0 spiro atoms. The summed E-state index contributed by atoms with van der Waals surface area (Å²) >= 11 is 4.64. The molecule has 1 heterocycles. The summed E-state index contributed by atoms with van der Waals surface area (Å²) < 4.78 is 5.30. The monoisotopic (exact) mass is 437 g/mol. The van der Waals surface area contributed by atoms with Gasteiger partial charge in [0.25, 0.3) is 5.91 Å². The Balaban J connectivity index is 1.82. The average molecular weight is 438 g/mol. The lowest BCUT2D eigenvalue weighted by Gasteiger charge is -2.39. The van der Waals surface area contributed by atoms with Crippen LogP contribution in [0.3, 0.4) is 0 Å². The van der Waals surface area contributed by atoms with Gasteiger partial charge in [0.15, 0.2) is 0 Å². The van der Waals surface area contributed by atoms with Gasteiger partial charge in [-0.15, -0.1) is 12.6 Å². The summed E-state index contributed by atoms with van der Waals surface area (Å²) in [6, 6.07) is 27.8. The van der Waals surface area contributed by atoms with Crippen molar-refractivity contribution in [2.75, 3.05) is 12.0 Å². The van der Waals surface area contributed by atoms with Crippen molar-refractivity contribution in [3.05, 3.63) is 95.0 Å². The lowest BCUT2D eigenvalue weighted by molar-refractivity contribution is -0.118. The highest BCUT2D eigenvalue weighted by Gasteiger charge is 2.35. The maximum absolute atomic E-state index is 12.9. The van der Waals surface area contributed by atoms with Crippen molar-refractivity contribution in [1.82, 2.24) is 5.32 Å². The Labute approximate surface area is 190 Å². The summed E-state index contributed by atoms with van der Waals surface area (Å²) in [6.07, 6.45) is -0.559. The number of fused-ring (bicyclic) bond motifs is 2. The van der Waals surface area contributed by atoms with E-state index in [2.05, 4.69) is 48.3 Å². The standard InChI is InChI=1S/C26H19N3O2S/c1-31-19-12-10-18(11-13-19)29-24(28-25(30)22(15-27)26(29)32)23-20-8-4-2-6-16(20)14-17-7-3-5-9-21(17)23/h2-14,24,32H,1H3,(H,28,30). The highest BCUT2D eigenvalue weighted by Crippen LogP contribution is 2.41. The maximum Gasteiger partial charge on any atom is 0.266 e. The van der Waals surface area contributed by atoms with E-state index < -0.39 is 12.1 Å². The first-order chi connectivity index (χ1) is 15.6. The molecule has 0 saturated heterocycles. The molecule has 5 rings (SSSR count). The number of methoxy groups -OCH3 is 1. The van der Waals surface area contributed by atoms with E-state index in [0.717, 1.165) is 32.8 Å². The first kappa shape index (κ1) is 20.0. The van der Waals surface area contributed by atoms with Gasteiger partial charge in [-0.25, -0.2) is 0 Å². The third-order valence-electron chi connectivity index (χ3n) is 5.75. The van der Waals surface area contributed by atoms with Gasteiger partial charge in [0, 0.05) is 11.3 Å². The maximum atomic E-state index is 12.9. The molecule has 0 aliphatic carbocycles. The summed E-state index contributed by atoms with van der Waals surface area (Å²) in [5, 5.41) is 17.2. The number of rotatable bonds is 3. The molecule has 5 nitrogen and oxygen atoms in total. The third-order valence-corrected chi connectivity index (χ3v) is 6.19. The number of nitrogens with one attached hydrogen (secondary N) is 1. The highest BCUT2D eigenvalue weighted by molar-refractivity contribution is 7.84. The number of benzene rings is 4. The van der Waals surface area contributed by atoms with Crippen LogP contribution in [0.4, 0.5) is 5.69 Å². The minimum Gasteiger partial charge on any atom is -0.497 e. The van der Waals surface area contributed by atoms with Crippen molar-refractivity contribution in [2.24, 2.45) is 0 Å². The number of hydrogen-bond donors (Lipinski definition) is 2. The van der Waals surface area contributed by atoms with Gasteiger partial charge in [-0.1, -0.05) is 48.5 Å². The van der Waals surface area contributed by atoms with Crippen molar-refractivity contribution >= 4 is 45.8 Å². The molecule has 0 aromatic heterocycles. The molecule has 4 aromatic rings. The number of nitriles is 1. The number of amides is 1. The van der Waals surface area contributed by atoms with Crippen molar-refractivity contribution < 1.29 is 9.53 Å². The van der Waals surface area contributed by atoms with Gasteiger partial charge in [-0.05, 0) is 51.9 Å². The van der Waals surface area contributed by atoms with Gasteiger partial charge in [-0.3, -0.25) is 4.79 Å². The predicted octanol–water partition coefficient (Wildman–Crippen LogP) is 5.30. The Morgan fingerprint density at radius 1 is 0.969 bits per heavy atom. The van der Waals surface area contributed by atoms with Crippen LogP contribution < -0.4 is 15.0 Å². The highest BCUT2D eigenvalue weighted by atomic mass is 32.1. The molecule has 1 amide bonds. The van der Waals surface area contributed by atoms with Crippen LogP contribution in [0.15, 0.2) is 89.5 Å². The van der Waals surface area contributed by atoms with Gasteiger partial charge in [-0.2, -0.15) is 5.26 Å². The van der Waals surface area contributed by atoms with Crippen LogP contribution in [0.1, 0.15) is 11.7 Å². The first-order valence-corrected chi connectivity index (χ1v) is 10.5. The summed E-state index contributed by atoms with van der Waals surface area (Å²) in [5.41, 5.74) is 1.71. The van der Waals surface area contributed by atoms with Gasteiger partial charge in [0.05, 0.1) is 12.1 Å². The summed E-state index contributed by atoms with van der Waals surface area (Å²) in [4.78, 5) is 14.8. The van der Waals surface area contributed by atoms with Crippen molar-refractivity contribution in [1.29, 1.82) is 5.26 Å². The molecule has 1 atom stereocenters. The Kier molecular flexibility index (Phi) is 4.96. The SMILES string of the molecule is COc1ccc(N2C(S)=C(C#N)C(=O)NC2c2c3ccccc3cc3ccccc23)cc1. The smallest absolute Gasteiger partial charge is 0.266 e. The van der Waals surface area contributed by atoms with Crippen LogP contribution in [-0.2, 0) is 4.79 Å². The minimum absolute atomic E-state index is 0.0232. The molecular formula is C26H19N3O2S. The fraction of sp³-hybridized carbons (Fsp3) is 0.0769. The van der Waals surface area contributed by atoms with E-state index >= 15 is 0 Å². The lowest BCUT2D eigenvalue weighted by Crippen LogP contribution is -2.46. The Bertz CT molecular complexity index is 1380. The van der Waals surface area contributed by atoms with Gasteiger partial charge in [0.1, 0.15) is 23.6 Å². The van der Waals surface area contributed by atoms with Crippen LogP contribution in [0.5, 0.6) is 5.75 Å². The summed E-state index contributed by atoms with van der Waals surface area (Å²) in [6.45, 7) is 0. The largest absolute Gasteiger partial charge is 0.497 e. The molecule has 4 aromatic carbocycles. The van der Waals surface area contributed by atoms with Gasteiger partial charge >= 0.3 is 0 Å². The second kappa shape index (κ2) is 7.95. The number of anilines is 1. The number of nitrogens with zero attached hydrogens (tertiary/aromatic N) is 2. The lowest BCUT2D eigenvalue weighted by atomic mass is 9.93. The molecule has 0 saturated carbocycles. The molecule has 0 bridgehead atoms. The van der Waals surface area contributed by atoms with Gasteiger partial charge < -0.3 is 15.0 Å². The fourth-order valence-corrected chi connectivity index (χ4v) is 4.65. The average Bonchev–Trinajstić information content (AvgIpc) is 2.82. The van der Waals surface area contributed by atoms with E-state index in [9.17, 15) is 10.1 Å². The van der Waals surface area contributed by atoms with Gasteiger partial charge in [0.2, 0.25) is 0 Å². The van der Waals surface area contributed by atoms with E-state index in [4.69, 9.17) is 4.74 Å². The number of hydrogen-bond acceptors (Lipinski definition) is 5. The molecule has 1 unspecified atom stereocenters. The molecular weight excluding hydrogens is 418 g/mol. The topological polar surface area (TPSA) is 65.4 Å².